The molecule has 0 radical (unpaired) electrons. The zero-order valence-corrected chi connectivity index (χ0v) is 14.9. The summed E-state index contributed by atoms with van der Waals surface area (Å²) in [5.41, 5.74) is -1.02. The lowest BCUT2D eigenvalue weighted by Crippen LogP contribution is -2.45. The lowest BCUT2D eigenvalue weighted by Gasteiger charge is -2.34. The van der Waals surface area contributed by atoms with Gasteiger partial charge in [-0.3, -0.25) is 0 Å². The van der Waals surface area contributed by atoms with Crippen molar-refractivity contribution in [1.82, 2.24) is 10.2 Å². The fourth-order valence-corrected chi connectivity index (χ4v) is 2.66. The lowest BCUT2D eigenvalue weighted by atomic mass is 9.95. The molecule has 0 bridgehead atoms. The Morgan fingerprint density at radius 3 is 2.23 bits per heavy atom. The van der Waals surface area contributed by atoms with Gasteiger partial charge in [-0.1, -0.05) is 13.8 Å². The Hall–Kier alpha value is -0.810. The van der Waals surface area contributed by atoms with Crippen molar-refractivity contribution in [3.05, 3.63) is 0 Å². The summed E-state index contributed by atoms with van der Waals surface area (Å²) in [6, 6.07) is 0. The predicted molar refractivity (Wildman–Crippen MR) is 88.9 cm³/mol. The summed E-state index contributed by atoms with van der Waals surface area (Å²) in [4.78, 5) is 13.8. The molecule has 1 saturated heterocycles. The minimum absolute atomic E-state index is 0.203. The van der Waals surface area contributed by atoms with Gasteiger partial charge in [-0.05, 0) is 58.9 Å². The summed E-state index contributed by atoms with van der Waals surface area (Å²) in [6.07, 6.45) is 3.32. The van der Waals surface area contributed by atoms with Crippen LogP contribution in [0.4, 0.5) is 4.79 Å². The number of carbonyl (C=O) groups is 1. The molecule has 0 saturated carbocycles. The molecular weight excluding hydrogens is 280 g/mol. The van der Waals surface area contributed by atoms with Gasteiger partial charge in [0.15, 0.2) is 0 Å². The summed E-state index contributed by atoms with van der Waals surface area (Å²) in [6.45, 7) is 12.8. The maximum absolute atomic E-state index is 12.0. The number of piperidine rings is 1. The third-order valence-electron chi connectivity index (χ3n) is 4.47. The van der Waals surface area contributed by atoms with Gasteiger partial charge in [-0.25, -0.2) is 4.79 Å². The first kappa shape index (κ1) is 19.2. The third kappa shape index (κ3) is 6.53. The molecule has 0 aromatic rings. The van der Waals surface area contributed by atoms with Crippen LogP contribution in [0, 0.1) is 5.92 Å². The number of aliphatic hydroxyl groups is 1. The van der Waals surface area contributed by atoms with Gasteiger partial charge in [0.25, 0.3) is 0 Å². The number of rotatable bonds is 6. The second kappa shape index (κ2) is 8.16. The summed E-state index contributed by atoms with van der Waals surface area (Å²) in [5.74, 6) is 0.566. The average Bonchev–Trinajstić information content (AvgIpc) is 2.46. The number of nitrogens with zero attached hydrogens (tertiary/aromatic N) is 1. The Balaban J connectivity index is 2.27. The van der Waals surface area contributed by atoms with Crippen LogP contribution in [0.1, 0.15) is 60.3 Å². The summed E-state index contributed by atoms with van der Waals surface area (Å²) in [7, 11) is 0. The normalized spacial score (nSPS) is 17.6. The number of hydrogen-bond acceptors (Lipinski definition) is 4. The molecule has 0 aromatic carbocycles. The van der Waals surface area contributed by atoms with E-state index in [2.05, 4.69) is 5.32 Å². The molecule has 1 rings (SSSR count). The molecule has 1 fully saturated rings. The Morgan fingerprint density at radius 1 is 1.23 bits per heavy atom. The van der Waals surface area contributed by atoms with Crippen LogP contribution in [0.3, 0.4) is 0 Å². The van der Waals surface area contributed by atoms with Crippen LogP contribution in [0.5, 0.6) is 0 Å². The molecule has 22 heavy (non-hydrogen) atoms. The maximum Gasteiger partial charge on any atom is 0.410 e. The van der Waals surface area contributed by atoms with Crippen LogP contribution in [0.2, 0.25) is 0 Å². The number of hydrogen-bond donors (Lipinski definition) is 2. The van der Waals surface area contributed by atoms with Gasteiger partial charge in [-0.15, -0.1) is 0 Å². The molecular formula is C17H34N2O3. The highest BCUT2D eigenvalue weighted by atomic mass is 16.6. The van der Waals surface area contributed by atoms with Crippen LogP contribution in [0.15, 0.2) is 0 Å². The second-order valence-electron chi connectivity index (χ2n) is 7.47. The van der Waals surface area contributed by atoms with Crippen LogP contribution < -0.4 is 5.32 Å². The van der Waals surface area contributed by atoms with E-state index in [0.29, 0.717) is 12.5 Å². The Bertz CT molecular complexity index is 340. The molecule has 5 heteroatoms. The van der Waals surface area contributed by atoms with E-state index >= 15 is 0 Å². The number of amides is 1. The van der Waals surface area contributed by atoms with E-state index in [1.807, 2.05) is 34.6 Å². The smallest absolute Gasteiger partial charge is 0.410 e. The van der Waals surface area contributed by atoms with Crippen molar-refractivity contribution in [1.29, 1.82) is 0 Å². The van der Waals surface area contributed by atoms with Crippen molar-refractivity contribution in [3.8, 4) is 0 Å². The molecule has 0 unspecified atom stereocenters. The Labute approximate surface area is 135 Å². The van der Waals surface area contributed by atoms with E-state index in [-0.39, 0.29) is 6.09 Å². The molecule has 1 aliphatic heterocycles. The van der Waals surface area contributed by atoms with Crippen LogP contribution in [-0.2, 0) is 4.74 Å². The standard InChI is InChI=1S/C17H34N2O3/c1-6-17(21,7-2)13-18-12-14-8-10-19(11-9-14)15(20)22-16(3,4)5/h14,18,21H,6-13H2,1-5H3. The zero-order chi connectivity index (χ0) is 16.8. The van der Waals surface area contributed by atoms with Crippen molar-refractivity contribution in [2.75, 3.05) is 26.2 Å². The van der Waals surface area contributed by atoms with E-state index in [9.17, 15) is 9.90 Å². The zero-order valence-electron chi connectivity index (χ0n) is 14.9. The molecule has 1 aliphatic rings. The highest BCUT2D eigenvalue weighted by molar-refractivity contribution is 5.68. The van der Waals surface area contributed by atoms with Crippen molar-refractivity contribution < 1.29 is 14.6 Å². The fourth-order valence-electron chi connectivity index (χ4n) is 2.66. The van der Waals surface area contributed by atoms with Crippen LogP contribution in [-0.4, -0.2) is 53.5 Å². The summed E-state index contributed by atoms with van der Waals surface area (Å²) in [5, 5.41) is 13.6. The second-order valence-corrected chi connectivity index (χ2v) is 7.47. The van der Waals surface area contributed by atoms with Crippen molar-refractivity contribution in [2.45, 2.75) is 71.5 Å². The Morgan fingerprint density at radius 2 is 1.77 bits per heavy atom. The molecule has 0 spiro atoms. The van der Waals surface area contributed by atoms with Gasteiger partial charge in [-0.2, -0.15) is 0 Å². The fraction of sp³-hybridized carbons (Fsp3) is 0.941. The van der Waals surface area contributed by atoms with Crippen LogP contribution >= 0.6 is 0 Å². The highest BCUT2D eigenvalue weighted by Crippen LogP contribution is 2.20. The number of ether oxygens (including phenoxy) is 1. The SMILES string of the molecule is CCC(O)(CC)CNCC1CCN(C(=O)OC(C)(C)C)CC1. The Kier molecular flexibility index (Phi) is 7.13. The lowest BCUT2D eigenvalue weighted by molar-refractivity contribution is 0.0172. The molecule has 0 aromatic heterocycles. The molecule has 0 aliphatic carbocycles. The summed E-state index contributed by atoms with van der Waals surface area (Å²) >= 11 is 0. The topological polar surface area (TPSA) is 61.8 Å². The van der Waals surface area contributed by atoms with Gasteiger partial charge < -0.3 is 20.1 Å². The number of carbonyl (C=O) groups excluding carboxylic acids is 1. The minimum Gasteiger partial charge on any atom is -0.444 e. The quantitative estimate of drug-likeness (QED) is 0.791. The van der Waals surface area contributed by atoms with Crippen molar-refractivity contribution in [3.63, 3.8) is 0 Å². The summed E-state index contributed by atoms with van der Waals surface area (Å²) < 4.78 is 5.41. The molecule has 130 valence electrons. The van der Waals surface area contributed by atoms with Gasteiger partial charge in [0.05, 0.1) is 5.60 Å². The van der Waals surface area contributed by atoms with Crippen molar-refractivity contribution >= 4 is 6.09 Å². The molecule has 1 amide bonds. The van der Waals surface area contributed by atoms with E-state index in [1.54, 1.807) is 4.90 Å². The predicted octanol–water partition coefficient (Wildman–Crippen LogP) is 2.77. The monoisotopic (exact) mass is 314 g/mol. The molecule has 0 atom stereocenters. The van der Waals surface area contributed by atoms with E-state index in [1.165, 1.54) is 0 Å². The van der Waals surface area contributed by atoms with E-state index < -0.39 is 11.2 Å². The van der Waals surface area contributed by atoms with Crippen LogP contribution in [0.25, 0.3) is 0 Å². The number of nitrogens with one attached hydrogen (secondary N) is 1. The van der Waals surface area contributed by atoms with Gasteiger partial charge in [0, 0.05) is 19.6 Å². The van der Waals surface area contributed by atoms with Crippen molar-refractivity contribution in [2.24, 2.45) is 5.92 Å². The average molecular weight is 314 g/mol. The largest absolute Gasteiger partial charge is 0.444 e. The van der Waals surface area contributed by atoms with E-state index in [4.69, 9.17) is 4.74 Å². The minimum atomic E-state index is -0.586. The van der Waals surface area contributed by atoms with Gasteiger partial charge in [0.2, 0.25) is 0 Å². The molecule has 1 heterocycles. The van der Waals surface area contributed by atoms with Gasteiger partial charge in [0.1, 0.15) is 5.60 Å². The first-order valence-corrected chi connectivity index (χ1v) is 8.60. The third-order valence-corrected chi connectivity index (χ3v) is 4.47. The van der Waals surface area contributed by atoms with E-state index in [0.717, 1.165) is 45.3 Å². The first-order chi connectivity index (χ1) is 10.2. The number of likely N-dealkylation sites (tertiary alicyclic amines) is 1. The molecule has 2 N–H and O–H groups in total. The highest BCUT2D eigenvalue weighted by Gasteiger charge is 2.27. The van der Waals surface area contributed by atoms with Gasteiger partial charge >= 0.3 is 6.09 Å². The first-order valence-electron chi connectivity index (χ1n) is 8.60. The maximum atomic E-state index is 12.0. The molecule has 5 nitrogen and oxygen atoms in total.